The lowest BCUT2D eigenvalue weighted by atomic mass is 10.1. The molecule has 1 aliphatic heterocycles. The molecule has 7 nitrogen and oxygen atoms in total. The second-order valence-electron chi connectivity index (χ2n) is 5.46. The SMILES string of the molecule is CCOC(=O)N1CCC(NC(=O)Nc2ccc(OC(F)F)cc2)CC1. The summed E-state index contributed by atoms with van der Waals surface area (Å²) in [4.78, 5) is 25.2. The number of urea groups is 1. The molecule has 0 spiro atoms. The van der Waals surface area contributed by atoms with E-state index in [-0.39, 0.29) is 17.9 Å². The zero-order valence-electron chi connectivity index (χ0n) is 13.8. The van der Waals surface area contributed by atoms with E-state index in [1.54, 1.807) is 11.8 Å². The number of halogens is 2. The van der Waals surface area contributed by atoms with Crippen LogP contribution in [-0.4, -0.2) is 49.4 Å². The number of carbonyl (C=O) groups is 2. The lowest BCUT2D eigenvalue weighted by Crippen LogP contribution is -2.47. The van der Waals surface area contributed by atoms with Gasteiger partial charge in [0.05, 0.1) is 6.61 Å². The third kappa shape index (κ3) is 6.09. The summed E-state index contributed by atoms with van der Waals surface area (Å²) in [5.74, 6) is 0.0206. The summed E-state index contributed by atoms with van der Waals surface area (Å²) in [7, 11) is 0. The summed E-state index contributed by atoms with van der Waals surface area (Å²) in [5, 5.41) is 5.45. The summed E-state index contributed by atoms with van der Waals surface area (Å²) in [6.07, 6.45) is 0.928. The van der Waals surface area contributed by atoms with Crippen LogP contribution < -0.4 is 15.4 Å². The first-order valence-electron chi connectivity index (χ1n) is 8.02. The van der Waals surface area contributed by atoms with Gasteiger partial charge in [-0.2, -0.15) is 8.78 Å². The Hall–Kier alpha value is -2.58. The maximum absolute atomic E-state index is 12.1. The smallest absolute Gasteiger partial charge is 0.409 e. The van der Waals surface area contributed by atoms with Crippen LogP contribution in [-0.2, 0) is 4.74 Å². The van der Waals surface area contributed by atoms with Crippen LogP contribution >= 0.6 is 0 Å². The highest BCUT2D eigenvalue weighted by Gasteiger charge is 2.24. The molecular weight excluding hydrogens is 336 g/mol. The number of ether oxygens (including phenoxy) is 2. The molecule has 2 rings (SSSR count). The standard InChI is InChI=1S/C16H21F2N3O4/c1-2-24-16(23)21-9-7-12(8-10-21)20-15(22)19-11-3-5-13(6-4-11)25-14(17)18/h3-6,12,14H,2,7-10H2,1H3,(H2,19,20,22). The Morgan fingerprint density at radius 1 is 1.24 bits per heavy atom. The first-order chi connectivity index (χ1) is 12.0. The van der Waals surface area contributed by atoms with Crippen molar-refractivity contribution in [2.24, 2.45) is 0 Å². The fraction of sp³-hybridized carbons (Fsp3) is 0.500. The van der Waals surface area contributed by atoms with Gasteiger partial charge in [-0.1, -0.05) is 0 Å². The van der Waals surface area contributed by atoms with Crippen molar-refractivity contribution >= 4 is 17.8 Å². The molecule has 1 aliphatic rings. The highest BCUT2D eigenvalue weighted by atomic mass is 19.3. The van der Waals surface area contributed by atoms with Crippen molar-refractivity contribution in [1.29, 1.82) is 0 Å². The number of hydrogen-bond acceptors (Lipinski definition) is 4. The number of hydrogen-bond donors (Lipinski definition) is 2. The number of piperidine rings is 1. The molecule has 1 fully saturated rings. The number of alkyl halides is 2. The van der Waals surface area contributed by atoms with Crippen molar-refractivity contribution in [2.45, 2.75) is 32.4 Å². The first-order valence-corrected chi connectivity index (χ1v) is 8.02. The molecule has 1 aromatic carbocycles. The van der Waals surface area contributed by atoms with Crippen LogP contribution in [0.5, 0.6) is 5.75 Å². The van der Waals surface area contributed by atoms with Gasteiger partial charge in [0, 0.05) is 24.8 Å². The molecule has 0 bridgehead atoms. The van der Waals surface area contributed by atoms with Crippen LogP contribution in [0.4, 0.5) is 24.1 Å². The Kier molecular flexibility index (Phi) is 6.79. The maximum atomic E-state index is 12.1. The second kappa shape index (κ2) is 9.05. The number of rotatable bonds is 5. The third-order valence-electron chi connectivity index (χ3n) is 3.69. The van der Waals surface area contributed by atoms with E-state index in [1.165, 1.54) is 24.3 Å². The van der Waals surface area contributed by atoms with Crippen LogP contribution in [0.15, 0.2) is 24.3 Å². The second-order valence-corrected chi connectivity index (χ2v) is 5.46. The molecule has 2 N–H and O–H groups in total. The lowest BCUT2D eigenvalue weighted by Gasteiger charge is -2.31. The van der Waals surface area contributed by atoms with E-state index in [4.69, 9.17) is 4.74 Å². The topological polar surface area (TPSA) is 79.9 Å². The van der Waals surface area contributed by atoms with Crippen molar-refractivity contribution < 1.29 is 27.8 Å². The molecule has 0 radical (unpaired) electrons. The number of nitrogens with zero attached hydrogens (tertiary/aromatic N) is 1. The third-order valence-corrected chi connectivity index (χ3v) is 3.69. The van der Waals surface area contributed by atoms with E-state index >= 15 is 0 Å². The van der Waals surface area contributed by atoms with Crippen LogP contribution in [0, 0.1) is 0 Å². The highest BCUT2D eigenvalue weighted by molar-refractivity contribution is 5.89. The quantitative estimate of drug-likeness (QED) is 0.849. The zero-order chi connectivity index (χ0) is 18.2. The zero-order valence-corrected chi connectivity index (χ0v) is 13.8. The number of amides is 3. The normalized spacial score (nSPS) is 15.0. The van der Waals surface area contributed by atoms with Gasteiger partial charge in [-0.3, -0.25) is 0 Å². The first kappa shape index (κ1) is 18.8. The van der Waals surface area contributed by atoms with Crippen LogP contribution in [0.2, 0.25) is 0 Å². The van der Waals surface area contributed by atoms with E-state index in [9.17, 15) is 18.4 Å². The van der Waals surface area contributed by atoms with Gasteiger partial charge in [-0.05, 0) is 44.0 Å². The van der Waals surface area contributed by atoms with Crippen molar-refractivity contribution in [3.05, 3.63) is 24.3 Å². The van der Waals surface area contributed by atoms with Gasteiger partial charge in [0.1, 0.15) is 5.75 Å². The predicted octanol–water partition coefficient (Wildman–Crippen LogP) is 3.03. The summed E-state index contributed by atoms with van der Waals surface area (Å²) in [6, 6.07) is 5.20. The van der Waals surface area contributed by atoms with Gasteiger partial charge in [0.15, 0.2) is 0 Å². The van der Waals surface area contributed by atoms with Crippen molar-refractivity contribution in [3.63, 3.8) is 0 Å². The molecule has 1 aromatic rings. The number of carbonyl (C=O) groups excluding carboxylic acids is 2. The monoisotopic (exact) mass is 357 g/mol. The average Bonchev–Trinajstić information content (AvgIpc) is 2.57. The Morgan fingerprint density at radius 2 is 1.88 bits per heavy atom. The molecule has 0 saturated carbocycles. The Morgan fingerprint density at radius 3 is 2.44 bits per heavy atom. The summed E-state index contributed by atoms with van der Waals surface area (Å²) >= 11 is 0. The molecule has 138 valence electrons. The van der Waals surface area contributed by atoms with E-state index < -0.39 is 12.6 Å². The summed E-state index contributed by atoms with van der Waals surface area (Å²) < 4.78 is 33.3. The molecule has 9 heteroatoms. The largest absolute Gasteiger partial charge is 0.450 e. The van der Waals surface area contributed by atoms with Crippen LogP contribution in [0.3, 0.4) is 0 Å². The molecular formula is C16H21F2N3O4. The minimum atomic E-state index is -2.89. The van der Waals surface area contributed by atoms with Crippen LogP contribution in [0.1, 0.15) is 19.8 Å². The van der Waals surface area contributed by atoms with Gasteiger partial charge in [-0.25, -0.2) is 9.59 Å². The van der Waals surface area contributed by atoms with Gasteiger partial charge < -0.3 is 25.0 Å². The number of anilines is 1. The number of likely N-dealkylation sites (tertiary alicyclic amines) is 1. The van der Waals surface area contributed by atoms with E-state index in [2.05, 4.69) is 15.4 Å². The minimum Gasteiger partial charge on any atom is -0.450 e. The van der Waals surface area contributed by atoms with Crippen molar-refractivity contribution in [2.75, 3.05) is 25.0 Å². The van der Waals surface area contributed by atoms with E-state index in [0.29, 0.717) is 38.2 Å². The average molecular weight is 357 g/mol. The Balaban J connectivity index is 1.75. The van der Waals surface area contributed by atoms with E-state index in [0.717, 1.165) is 0 Å². The number of benzene rings is 1. The fourth-order valence-corrected chi connectivity index (χ4v) is 2.49. The van der Waals surface area contributed by atoms with Crippen molar-refractivity contribution in [1.82, 2.24) is 10.2 Å². The Bertz CT molecular complexity index is 575. The molecule has 3 amide bonds. The Labute approximate surface area is 144 Å². The number of nitrogens with one attached hydrogen (secondary N) is 2. The summed E-state index contributed by atoms with van der Waals surface area (Å²) in [6.45, 7) is 0.235. The van der Waals surface area contributed by atoms with Gasteiger partial charge >= 0.3 is 18.7 Å². The fourth-order valence-electron chi connectivity index (χ4n) is 2.49. The molecule has 0 aliphatic carbocycles. The van der Waals surface area contributed by atoms with Crippen LogP contribution in [0.25, 0.3) is 0 Å². The van der Waals surface area contributed by atoms with Crippen molar-refractivity contribution in [3.8, 4) is 5.75 Å². The van der Waals surface area contributed by atoms with Gasteiger partial charge in [0.25, 0.3) is 0 Å². The molecule has 0 atom stereocenters. The highest BCUT2D eigenvalue weighted by Crippen LogP contribution is 2.18. The molecule has 25 heavy (non-hydrogen) atoms. The minimum absolute atomic E-state index is 0.0206. The molecule has 1 heterocycles. The molecule has 1 saturated heterocycles. The summed E-state index contributed by atoms with van der Waals surface area (Å²) in [5.41, 5.74) is 0.461. The maximum Gasteiger partial charge on any atom is 0.409 e. The van der Waals surface area contributed by atoms with Gasteiger partial charge in [-0.15, -0.1) is 0 Å². The van der Waals surface area contributed by atoms with Gasteiger partial charge in [0.2, 0.25) is 0 Å². The lowest BCUT2D eigenvalue weighted by molar-refractivity contribution is -0.0498. The molecule has 0 aromatic heterocycles. The predicted molar refractivity (Wildman–Crippen MR) is 86.8 cm³/mol. The van der Waals surface area contributed by atoms with E-state index in [1.807, 2.05) is 0 Å². The molecule has 0 unspecified atom stereocenters.